The molecule has 2 aromatic rings. The number of rotatable bonds is 5. The van der Waals surface area contributed by atoms with Gasteiger partial charge in [-0.25, -0.2) is 5.43 Å². The summed E-state index contributed by atoms with van der Waals surface area (Å²) in [6, 6.07) is 8.41. The number of nitro groups is 1. The number of hydrogen-bond acceptors (Lipinski definition) is 5. The van der Waals surface area contributed by atoms with Crippen LogP contribution in [0, 0.1) is 34.3 Å². The molecule has 1 aromatic heterocycles. The Morgan fingerprint density at radius 3 is 2.89 bits per heavy atom. The number of carbonyl (C=O) groups excluding carboxylic acids is 1. The smallest absolute Gasteiger partial charge is 0.273 e. The third-order valence-corrected chi connectivity index (χ3v) is 6.30. The molecule has 1 heterocycles. The number of nitro benzene ring substituents is 1. The van der Waals surface area contributed by atoms with Crippen LogP contribution in [0.25, 0.3) is 11.3 Å². The van der Waals surface area contributed by atoms with Crippen molar-refractivity contribution in [3.05, 3.63) is 51.8 Å². The molecule has 7 nitrogen and oxygen atoms in total. The van der Waals surface area contributed by atoms with Crippen LogP contribution >= 0.6 is 0 Å². The summed E-state index contributed by atoms with van der Waals surface area (Å²) in [6.45, 7) is 3.89. The van der Waals surface area contributed by atoms with E-state index in [0.29, 0.717) is 28.6 Å². The molecule has 0 unspecified atom stereocenters. The molecule has 1 N–H and O–H groups in total. The molecule has 1 aromatic carbocycles. The summed E-state index contributed by atoms with van der Waals surface area (Å²) in [6.07, 6.45) is 6.11. The van der Waals surface area contributed by atoms with Crippen LogP contribution in [0.5, 0.6) is 0 Å². The second-order valence-corrected chi connectivity index (χ2v) is 8.03. The number of furan rings is 1. The third-order valence-electron chi connectivity index (χ3n) is 6.30. The largest absolute Gasteiger partial charge is 0.455 e. The fraction of sp³-hybridized carbons (Fsp3) is 0.429. The summed E-state index contributed by atoms with van der Waals surface area (Å²) >= 11 is 0. The van der Waals surface area contributed by atoms with Crippen LogP contribution in [-0.2, 0) is 4.79 Å². The quantitative estimate of drug-likeness (QED) is 0.470. The molecule has 3 atom stereocenters. The number of nitrogens with zero attached hydrogens (tertiary/aromatic N) is 2. The zero-order valence-corrected chi connectivity index (χ0v) is 16.0. The van der Waals surface area contributed by atoms with Crippen molar-refractivity contribution in [2.75, 3.05) is 0 Å². The van der Waals surface area contributed by atoms with Crippen molar-refractivity contribution in [3.8, 4) is 11.3 Å². The summed E-state index contributed by atoms with van der Waals surface area (Å²) in [4.78, 5) is 23.1. The highest BCUT2D eigenvalue weighted by molar-refractivity contribution is 5.85. The molecule has 2 aliphatic carbocycles. The van der Waals surface area contributed by atoms with Crippen molar-refractivity contribution in [2.45, 2.75) is 39.5 Å². The molecule has 0 aliphatic heterocycles. The van der Waals surface area contributed by atoms with E-state index >= 15 is 0 Å². The molecule has 0 bridgehead atoms. The van der Waals surface area contributed by atoms with E-state index in [0.717, 1.165) is 12.8 Å². The first-order chi connectivity index (χ1) is 13.4. The molecule has 2 fully saturated rings. The standard InChI is InChI=1S/C21H23N3O4/c1-13-6-7-14(11-17(13)24(26)27)18-9-8-15(28-18)12-22-23-20(25)19-16-5-3-4-10-21(16,19)2/h6-9,11-12,16,19H,3-5,10H2,1-2H3,(H,23,25)/b22-12-/t16-,19-,21-/m0/s1. The van der Waals surface area contributed by atoms with Gasteiger partial charge in [0.1, 0.15) is 11.5 Å². The predicted molar refractivity (Wildman–Crippen MR) is 105 cm³/mol. The van der Waals surface area contributed by atoms with Gasteiger partial charge in [-0.3, -0.25) is 14.9 Å². The maximum atomic E-state index is 12.4. The molecule has 4 rings (SSSR count). The Hall–Kier alpha value is -2.96. The van der Waals surface area contributed by atoms with E-state index in [-0.39, 0.29) is 22.9 Å². The summed E-state index contributed by atoms with van der Waals surface area (Å²) in [5, 5.41) is 15.1. The molecule has 0 saturated heterocycles. The highest BCUT2D eigenvalue weighted by Gasteiger charge is 2.64. The second-order valence-electron chi connectivity index (χ2n) is 8.03. The Labute approximate surface area is 163 Å². The van der Waals surface area contributed by atoms with Gasteiger partial charge < -0.3 is 4.42 Å². The Balaban J connectivity index is 1.41. The molecular formula is C21H23N3O4. The fourth-order valence-electron chi connectivity index (χ4n) is 4.62. The molecule has 0 spiro atoms. The van der Waals surface area contributed by atoms with Gasteiger partial charge in [-0.15, -0.1) is 0 Å². The molecule has 0 radical (unpaired) electrons. The minimum Gasteiger partial charge on any atom is -0.455 e. The van der Waals surface area contributed by atoms with Gasteiger partial charge >= 0.3 is 0 Å². The summed E-state index contributed by atoms with van der Waals surface area (Å²) in [7, 11) is 0. The van der Waals surface area contributed by atoms with Gasteiger partial charge in [0.25, 0.3) is 5.69 Å². The van der Waals surface area contributed by atoms with Crippen LogP contribution in [0.3, 0.4) is 0 Å². The Morgan fingerprint density at radius 2 is 2.18 bits per heavy atom. The molecular weight excluding hydrogens is 358 g/mol. The van der Waals surface area contributed by atoms with Crippen LogP contribution in [0.1, 0.15) is 43.9 Å². The van der Waals surface area contributed by atoms with Gasteiger partial charge in [-0.2, -0.15) is 5.10 Å². The average molecular weight is 381 g/mol. The van der Waals surface area contributed by atoms with Crippen molar-refractivity contribution in [1.29, 1.82) is 0 Å². The maximum Gasteiger partial charge on any atom is 0.273 e. The van der Waals surface area contributed by atoms with Gasteiger partial charge in [-0.05, 0) is 43.2 Å². The molecule has 28 heavy (non-hydrogen) atoms. The van der Waals surface area contributed by atoms with Crippen LogP contribution in [-0.4, -0.2) is 17.0 Å². The Morgan fingerprint density at radius 1 is 1.36 bits per heavy atom. The number of benzene rings is 1. The number of nitrogens with one attached hydrogen (secondary N) is 1. The molecule has 2 aliphatic rings. The number of hydrazone groups is 1. The van der Waals surface area contributed by atoms with E-state index < -0.39 is 4.92 Å². The predicted octanol–water partition coefficient (Wildman–Crippen LogP) is 4.44. The van der Waals surface area contributed by atoms with E-state index in [2.05, 4.69) is 17.5 Å². The Kier molecular flexibility index (Phi) is 4.53. The lowest BCUT2D eigenvalue weighted by Crippen LogP contribution is -2.22. The molecule has 1 amide bonds. The number of aryl methyl sites for hydroxylation is 1. The minimum absolute atomic E-state index is 0.0217. The van der Waals surface area contributed by atoms with E-state index in [9.17, 15) is 14.9 Å². The first-order valence-electron chi connectivity index (χ1n) is 9.58. The van der Waals surface area contributed by atoms with Crippen molar-refractivity contribution < 1.29 is 14.1 Å². The second kappa shape index (κ2) is 6.89. The van der Waals surface area contributed by atoms with Gasteiger partial charge in [-0.1, -0.05) is 31.9 Å². The minimum atomic E-state index is -0.407. The monoisotopic (exact) mass is 381 g/mol. The number of carbonyl (C=O) groups is 1. The van der Waals surface area contributed by atoms with Gasteiger partial charge in [0.2, 0.25) is 5.91 Å². The average Bonchev–Trinajstić information content (AvgIpc) is 3.02. The highest BCUT2D eigenvalue weighted by atomic mass is 16.6. The lowest BCUT2D eigenvalue weighted by atomic mass is 9.90. The first kappa shape index (κ1) is 18.4. The first-order valence-corrected chi connectivity index (χ1v) is 9.58. The van der Waals surface area contributed by atoms with Gasteiger partial charge in [0.05, 0.1) is 11.1 Å². The van der Waals surface area contributed by atoms with Gasteiger partial charge in [0, 0.05) is 23.1 Å². The number of fused-ring (bicyclic) bond motifs is 1. The van der Waals surface area contributed by atoms with Crippen molar-refractivity contribution >= 4 is 17.8 Å². The fourth-order valence-corrected chi connectivity index (χ4v) is 4.62. The van der Waals surface area contributed by atoms with E-state index in [1.165, 1.54) is 25.1 Å². The van der Waals surface area contributed by atoms with Crippen LogP contribution in [0.15, 0.2) is 39.9 Å². The number of amides is 1. The summed E-state index contributed by atoms with van der Waals surface area (Å²) in [5.74, 6) is 1.51. The zero-order valence-electron chi connectivity index (χ0n) is 16.0. The third kappa shape index (κ3) is 3.21. The van der Waals surface area contributed by atoms with E-state index in [1.54, 1.807) is 31.2 Å². The SMILES string of the molecule is Cc1ccc(-c2ccc(/C=N\NC(=O)[C@@H]3[C@@H]4CCCC[C@]34C)o2)cc1[N+](=O)[O-]. The van der Waals surface area contributed by atoms with Crippen LogP contribution in [0.2, 0.25) is 0 Å². The topological polar surface area (TPSA) is 97.7 Å². The maximum absolute atomic E-state index is 12.4. The normalized spacial score (nSPS) is 26.1. The van der Waals surface area contributed by atoms with Crippen LogP contribution in [0.4, 0.5) is 5.69 Å². The summed E-state index contributed by atoms with van der Waals surface area (Å²) < 4.78 is 5.69. The van der Waals surface area contributed by atoms with Crippen molar-refractivity contribution in [3.63, 3.8) is 0 Å². The van der Waals surface area contributed by atoms with Gasteiger partial charge in [0.15, 0.2) is 0 Å². The van der Waals surface area contributed by atoms with Crippen LogP contribution < -0.4 is 5.43 Å². The van der Waals surface area contributed by atoms with E-state index in [4.69, 9.17) is 4.42 Å². The summed E-state index contributed by atoms with van der Waals surface area (Å²) in [5.41, 5.74) is 4.05. The number of hydrogen-bond donors (Lipinski definition) is 1. The van der Waals surface area contributed by atoms with Crippen molar-refractivity contribution in [1.82, 2.24) is 5.43 Å². The van der Waals surface area contributed by atoms with Crippen molar-refractivity contribution in [2.24, 2.45) is 22.4 Å². The Bertz CT molecular complexity index is 964. The lowest BCUT2D eigenvalue weighted by molar-refractivity contribution is -0.385. The lowest BCUT2D eigenvalue weighted by Gasteiger charge is -2.15. The molecule has 7 heteroatoms. The molecule has 146 valence electrons. The molecule has 2 saturated carbocycles. The highest BCUT2D eigenvalue weighted by Crippen LogP contribution is 2.66. The zero-order chi connectivity index (χ0) is 19.9. The van der Waals surface area contributed by atoms with E-state index in [1.807, 2.05) is 0 Å².